The topological polar surface area (TPSA) is 97.1 Å². The Balaban J connectivity index is 1.57. The van der Waals surface area contributed by atoms with E-state index in [0.29, 0.717) is 24.3 Å². The summed E-state index contributed by atoms with van der Waals surface area (Å²) in [7, 11) is 0. The lowest BCUT2D eigenvalue weighted by Gasteiger charge is -2.32. The van der Waals surface area contributed by atoms with Gasteiger partial charge in [0.2, 0.25) is 0 Å². The van der Waals surface area contributed by atoms with Gasteiger partial charge in [0.05, 0.1) is 28.6 Å². The molecule has 0 atom stereocenters. The van der Waals surface area contributed by atoms with Gasteiger partial charge in [0.15, 0.2) is 0 Å². The van der Waals surface area contributed by atoms with Gasteiger partial charge in [0.25, 0.3) is 5.91 Å². The Morgan fingerprint density at radius 3 is 2.34 bits per heavy atom. The molecule has 2 heterocycles. The number of rotatable bonds is 7. The summed E-state index contributed by atoms with van der Waals surface area (Å²) < 4.78 is 2.34. The van der Waals surface area contributed by atoms with Gasteiger partial charge in [-0.2, -0.15) is 0 Å². The summed E-state index contributed by atoms with van der Waals surface area (Å²) >= 11 is 0. The van der Waals surface area contributed by atoms with Gasteiger partial charge in [-0.15, -0.1) is 0 Å². The van der Waals surface area contributed by atoms with Crippen LogP contribution in [-0.2, 0) is 22.2 Å². The number of nitrogens with one attached hydrogen (secondary N) is 1. The molecule has 206 valence electrons. The third-order valence-electron chi connectivity index (χ3n) is 9.23. The molecule has 3 fully saturated rings. The van der Waals surface area contributed by atoms with Crippen LogP contribution in [0.2, 0.25) is 0 Å². The van der Waals surface area contributed by atoms with Crippen molar-refractivity contribution in [3.63, 3.8) is 0 Å². The van der Waals surface area contributed by atoms with Crippen molar-refractivity contribution in [2.75, 3.05) is 0 Å². The average Bonchev–Trinajstić information content (AvgIpc) is 3.50. The molecule has 0 aliphatic heterocycles. The Hall–Kier alpha value is -2.70. The zero-order valence-corrected chi connectivity index (χ0v) is 24.0. The van der Waals surface area contributed by atoms with E-state index in [1.807, 2.05) is 13.0 Å². The predicted molar refractivity (Wildman–Crippen MR) is 148 cm³/mol. The van der Waals surface area contributed by atoms with Crippen LogP contribution in [0.4, 0.5) is 0 Å². The Morgan fingerprint density at radius 1 is 1.11 bits per heavy atom. The third-order valence-corrected chi connectivity index (χ3v) is 9.23. The fourth-order valence-corrected chi connectivity index (χ4v) is 6.25. The number of carbonyl (C=O) groups excluding carboxylic acids is 1. The molecule has 3 aliphatic carbocycles. The van der Waals surface area contributed by atoms with Crippen LogP contribution in [0.1, 0.15) is 119 Å². The lowest BCUT2D eigenvalue weighted by molar-refractivity contribution is -0.145. The van der Waals surface area contributed by atoms with Crippen molar-refractivity contribution in [1.82, 2.24) is 19.9 Å². The van der Waals surface area contributed by atoms with Gasteiger partial charge in [-0.25, -0.2) is 9.97 Å². The smallest absolute Gasteiger partial charge is 0.306 e. The van der Waals surface area contributed by atoms with E-state index in [1.165, 1.54) is 32.1 Å². The minimum atomic E-state index is -0.776. The molecule has 3 aliphatic rings. The molecule has 38 heavy (non-hydrogen) atoms. The first kappa shape index (κ1) is 26.9. The van der Waals surface area contributed by atoms with Crippen LogP contribution < -0.4 is 5.32 Å². The maximum Gasteiger partial charge on any atom is 0.306 e. The molecule has 0 unspecified atom stereocenters. The highest BCUT2D eigenvalue weighted by molar-refractivity contribution is 5.97. The van der Waals surface area contributed by atoms with Crippen molar-refractivity contribution in [3.8, 4) is 11.4 Å². The minimum Gasteiger partial charge on any atom is -0.481 e. The Morgan fingerprint density at radius 2 is 1.76 bits per heavy atom. The first-order valence-electron chi connectivity index (χ1n) is 14.5. The normalized spacial score (nSPS) is 23.1. The van der Waals surface area contributed by atoms with E-state index in [-0.39, 0.29) is 28.7 Å². The second-order valence-corrected chi connectivity index (χ2v) is 13.5. The van der Waals surface area contributed by atoms with Crippen molar-refractivity contribution < 1.29 is 14.7 Å². The monoisotopic (exact) mass is 520 g/mol. The molecule has 5 rings (SSSR count). The van der Waals surface area contributed by atoms with E-state index < -0.39 is 5.97 Å². The van der Waals surface area contributed by atoms with Crippen molar-refractivity contribution in [2.24, 2.45) is 11.8 Å². The summed E-state index contributed by atoms with van der Waals surface area (Å²) in [4.78, 5) is 35.0. The number of aromatic nitrogens is 3. The second kappa shape index (κ2) is 9.80. The summed E-state index contributed by atoms with van der Waals surface area (Å²) in [6.45, 7) is 13.9. The number of carboxylic acid groups (broad SMARTS) is 1. The summed E-state index contributed by atoms with van der Waals surface area (Å²) in [5.41, 5.74) is 5.76. The van der Waals surface area contributed by atoms with Crippen LogP contribution in [0.25, 0.3) is 11.4 Å². The highest BCUT2D eigenvalue weighted by Gasteiger charge is 2.43. The molecule has 2 aromatic heterocycles. The SMILES string of the molecule is Cc1c(-c2cc(C(=O)NC3CC(C(=O)O)C3)c(C)n2CC2CCCCC2)nc(C(C)(C)C)nc1C1(C)CC1. The summed E-state index contributed by atoms with van der Waals surface area (Å²) in [6.07, 6.45) is 9.56. The van der Waals surface area contributed by atoms with E-state index >= 15 is 0 Å². The first-order chi connectivity index (χ1) is 17.9. The molecule has 0 spiro atoms. The minimum absolute atomic E-state index is 0.0807. The van der Waals surface area contributed by atoms with Gasteiger partial charge < -0.3 is 15.0 Å². The van der Waals surface area contributed by atoms with Gasteiger partial charge in [0, 0.05) is 29.1 Å². The van der Waals surface area contributed by atoms with Crippen LogP contribution in [0.3, 0.4) is 0 Å². The highest BCUT2D eigenvalue weighted by Crippen LogP contribution is 2.49. The fourth-order valence-electron chi connectivity index (χ4n) is 6.25. The Labute approximate surface area is 226 Å². The zero-order chi connectivity index (χ0) is 27.4. The van der Waals surface area contributed by atoms with Gasteiger partial charge in [-0.1, -0.05) is 47.0 Å². The standard InChI is InChI=1S/C31H44N4O3/c1-18-25(33-29(30(3,4)5)34-26(18)31(6)12-13-31)24-16-23(27(36)32-22-14-21(15-22)28(37)38)19(2)35(24)17-20-10-8-7-9-11-20/h16,20-22H,7-15,17H2,1-6H3,(H,32,36)(H,37,38). The molecule has 0 aromatic carbocycles. The summed E-state index contributed by atoms with van der Waals surface area (Å²) in [6, 6.07) is 1.95. The molecule has 3 saturated carbocycles. The van der Waals surface area contributed by atoms with Crippen molar-refractivity contribution in [2.45, 2.75) is 123 Å². The van der Waals surface area contributed by atoms with Crippen LogP contribution in [0.5, 0.6) is 0 Å². The number of carboxylic acids is 1. The molecule has 2 aromatic rings. The Bertz CT molecular complexity index is 1240. The largest absolute Gasteiger partial charge is 0.481 e. The Kier molecular flexibility index (Phi) is 6.93. The third kappa shape index (κ3) is 5.13. The average molecular weight is 521 g/mol. The molecule has 2 N–H and O–H groups in total. The molecule has 1 amide bonds. The van der Waals surface area contributed by atoms with Crippen LogP contribution in [0, 0.1) is 25.7 Å². The molecule has 7 heteroatoms. The van der Waals surface area contributed by atoms with Crippen molar-refractivity contribution >= 4 is 11.9 Å². The maximum absolute atomic E-state index is 13.5. The fraction of sp³-hybridized carbons (Fsp3) is 0.677. The quantitative estimate of drug-likeness (QED) is 0.461. The second-order valence-electron chi connectivity index (χ2n) is 13.5. The number of nitrogens with zero attached hydrogens (tertiary/aromatic N) is 3. The first-order valence-corrected chi connectivity index (χ1v) is 14.5. The van der Waals surface area contributed by atoms with E-state index in [4.69, 9.17) is 9.97 Å². The van der Waals surface area contributed by atoms with Crippen LogP contribution in [-0.4, -0.2) is 37.6 Å². The molecule has 7 nitrogen and oxygen atoms in total. The number of hydrogen-bond donors (Lipinski definition) is 2. The van der Waals surface area contributed by atoms with Gasteiger partial charge in [-0.3, -0.25) is 9.59 Å². The molecular formula is C31H44N4O3. The van der Waals surface area contributed by atoms with Gasteiger partial charge >= 0.3 is 5.97 Å². The number of hydrogen-bond acceptors (Lipinski definition) is 4. The van der Waals surface area contributed by atoms with E-state index in [0.717, 1.165) is 53.5 Å². The van der Waals surface area contributed by atoms with Crippen LogP contribution >= 0.6 is 0 Å². The molecule has 0 bridgehead atoms. The van der Waals surface area contributed by atoms with Crippen molar-refractivity contribution in [3.05, 3.63) is 34.4 Å². The van der Waals surface area contributed by atoms with Gasteiger partial charge in [-0.05, 0) is 69.9 Å². The molecule has 0 saturated heterocycles. The summed E-state index contributed by atoms with van der Waals surface area (Å²) in [5.74, 6) is 0.204. The van der Waals surface area contributed by atoms with Crippen molar-refractivity contribution in [1.29, 1.82) is 0 Å². The molecular weight excluding hydrogens is 476 g/mol. The van der Waals surface area contributed by atoms with Crippen LogP contribution in [0.15, 0.2) is 6.07 Å². The number of carbonyl (C=O) groups is 2. The van der Waals surface area contributed by atoms with E-state index in [2.05, 4.69) is 44.5 Å². The number of amides is 1. The lowest BCUT2D eigenvalue weighted by atomic mass is 9.80. The molecule has 0 radical (unpaired) electrons. The highest BCUT2D eigenvalue weighted by atomic mass is 16.4. The zero-order valence-electron chi connectivity index (χ0n) is 24.0. The van der Waals surface area contributed by atoms with E-state index in [1.54, 1.807) is 0 Å². The van der Waals surface area contributed by atoms with Gasteiger partial charge in [0.1, 0.15) is 5.82 Å². The van der Waals surface area contributed by atoms with E-state index in [9.17, 15) is 14.7 Å². The lowest BCUT2D eigenvalue weighted by Crippen LogP contribution is -2.46. The predicted octanol–water partition coefficient (Wildman–Crippen LogP) is 6.08. The maximum atomic E-state index is 13.5. The number of aliphatic carboxylic acids is 1. The summed E-state index contributed by atoms with van der Waals surface area (Å²) in [5, 5.41) is 12.3.